The molecule has 9 heteroatoms. The summed E-state index contributed by atoms with van der Waals surface area (Å²) in [6.07, 6.45) is -2.38. The molecule has 0 aliphatic carbocycles. The van der Waals surface area contributed by atoms with Crippen LogP contribution in [0.5, 0.6) is 5.88 Å². The molecule has 25 heavy (non-hydrogen) atoms. The van der Waals surface area contributed by atoms with Crippen LogP contribution in [0.3, 0.4) is 0 Å². The zero-order chi connectivity index (χ0) is 18.2. The van der Waals surface area contributed by atoms with Gasteiger partial charge in [0.2, 0.25) is 5.88 Å². The lowest BCUT2D eigenvalue weighted by atomic mass is 10.1. The number of likely N-dealkylation sites (tertiary alicyclic amines) is 1. The number of pyridine rings is 2. The summed E-state index contributed by atoms with van der Waals surface area (Å²) in [5.41, 5.74) is -1.21. The average molecular weight is 353 g/mol. The molecular weight excluding hydrogens is 339 g/mol. The van der Waals surface area contributed by atoms with Gasteiger partial charge in [-0.25, -0.2) is 4.98 Å². The van der Waals surface area contributed by atoms with Gasteiger partial charge in [-0.1, -0.05) is 0 Å². The van der Waals surface area contributed by atoms with Crippen molar-refractivity contribution < 1.29 is 22.7 Å². The summed E-state index contributed by atoms with van der Waals surface area (Å²) in [5.74, 6) is -0.583. The van der Waals surface area contributed by atoms with E-state index in [0.717, 1.165) is 18.3 Å². The van der Waals surface area contributed by atoms with Gasteiger partial charge >= 0.3 is 6.18 Å². The van der Waals surface area contributed by atoms with E-state index in [1.54, 1.807) is 19.3 Å². The summed E-state index contributed by atoms with van der Waals surface area (Å²) in [5, 5.41) is 0. The third-order valence-corrected chi connectivity index (χ3v) is 3.84. The molecule has 0 N–H and O–H groups in total. The Hall–Kier alpha value is -2.84. The number of nitrogens with zero attached hydrogens (tertiary/aromatic N) is 3. The molecule has 0 aromatic carbocycles. The van der Waals surface area contributed by atoms with Crippen molar-refractivity contribution in [1.82, 2.24) is 14.5 Å². The highest BCUT2D eigenvalue weighted by Gasteiger charge is 2.35. The maximum absolute atomic E-state index is 12.7. The van der Waals surface area contributed by atoms with Gasteiger partial charge in [0.1, 0.15) is 11.7 Å². The maximum Gasteiger partial charge on any atom is 0.416 e. The number of hydrogen-bond acceptors (Lipinski definition) is 4. The lowest BCUT2D eigenvalue weighted by Crippen LogP contribution is -2.57. The summed E-state index contributed by atoms with van der Waals surface area (Å²) in [6.45, 7) is 0.351. The second kappa shape index (κ2) is 6.23. The van der Waals surface area contributed by atoms with Crippen LogP contribution in [0, 0.1) is 0 Å². The Kier molecular flexibility index (Phi) is 4.23. The third kappa shape index (κ3) is 3.49. The zero-order valence-electron chi connectivity index (χ0n) is 13.2. The number of rotatable bonds is 3. The predicted molar refractivity (Wildman–Crippen MR) is 81.2 cm³/mol. The van der Waals surface area contributed by atoms with Gasteiger partial charge in [-0.15, -0.1) is 0 Å². The van der Waals surface area contributed by atoms with Crippen molar-refractivity contribution in [2.45, 2.75) is 12.3 Å². The Labute approximate surface area is 140 Å². The fourth-order valence-electron chi connectivity index (χ4n) is 2.43. The van der Waals surface area contributed by atoms with Crippen LogP contribution in [0.1, 0.15) is 15.9 Å². The molecule has 3 heterocycles. The van der Waals surface area contributed by atoms with Gasteiger partial charge in [0.15, 0.2) is 0 Å². The Balaban J connectivity index is 1.63. The van der Waals surface area contributed by atoms with E-state index in [9.17, 15) is 22.8 Å². The molecule has 2 aromatic heterocycles. The second-order valence-electron chi connectivity index (χ2n) is 5.67. The van der Waals surface area contributed by atoms with Gasteiger partial charge in [-0.3, -0.25) is 9.59 Å². The number of alkyl halides is 3. The highest BCUT2D eigenvalue weighted by atomic mass is 19.4. The minimum Gasteiger partial charge on any atom is -0.471 e. The molecule has 3 rings (SSSR count). The Morgan fingerprint density at radius 2 is 2.04 bits per heavy atom. The summed E-state index contributed by atoms with van der Waals surface area (Å²) in [7, 11) is 1.54. The van der Waals surface area contributed by atoms with E-state index in [4.69, 9.17) is 4.74 Å². The van der Waals surface area contributed by atoms with Crippen molar-refractivity contribution >= 4 is 5.91 Å². The lowest BCUT2D eigenvalue weighted by molar-refractivity contribution is -0.137. The van der Waals surface area contributed by atoms with E-state index in [1.165, 1.54) is 15.5 Å². The largest absolute Gasteiger partial charge is 0.471 e. The molecule has 132 valence electrons. The fourth-order valence-corrected chi connectivity index (χ4v) is 2.43. The number of halogens is 3. The molecule has 0 atom stereocenters. The molecule has 0 unspecified atom stereocenters. The minimum atomic E-state index is -4.48. The van der Waals surface area contributed by atoms with Crippen LogP contribution in [0.2, 0.25) is 0 Å². The highest BCUT2D eigenvalue weighted by Crippen LogP contribution is 2.31. The number of aryl methyl sites for hydroxylation is 1. The average Bonchev–Trinajstić information content (AvgIpc) is 2.52. The van der Waals surface area contributed by atoms with E-state index in [1.807, 2.05) is 0 Å². The summed E-state index contributed by atoms with van der Waals surface area (Å²) in [4.78, 5) is 29.3. The van der Waals surface area contributed by atoms with Gasteiger partial charge in [-0.2, -0.15) is 13.2 Å². The Morgan fingerprint density at radius 1 is 1.32 bits per heavy atom. The molecule has 1 aliphatic heterocycles. The Bertz CT molecular complexity index is 857. The number of ether oxygens (including phenoxy) is 1. The van der Waals surface area contributed by atoms with Crippen molar-refractivity contribution in [3.05, 3.63) is 58.1 Å². The first kappa shape index (κ1) is 17.0. The molecular formula is C16H14F3N3O3. The van der Waals surface area contributed by atoms with Crippen LogP contribution in [0.15, 0.2) is 41.5 Å². The molecule has 0 bridgehead atoms. The fraction of sp³-hybridized carbons (Fsp3) is 0.312. The minimum absolute atomic E-state index is 0.0423. The van der Waals surface area contributed by atoms with Crippen LogP contribution in [0.25, 0.3) is 0 Å². The molecule has 2 aromatic rings. The summed E-state index contributed by atoms with van der Waals surface area (Å²) >= 11 is 0. The summed E-state index contributed by atoms with van der Waals surface area (Å²) in [6, 6.07) is 4.70. The number of aromatic nitrogens is 2. The molecule has 0 saturated carbocycles. The number of hydrogen-bond donors (Lipinski definition) is 0. The number of carbonyl (C=O) groups is 1. The normalized spacial score (nSPS) is 15.0. The first-order valence-corrected chi connectivity index (χ1v) is 7.40. The summed E-state index contributed by atoms with van der Waals surface area (Å²) < 4.78 is 44.6. The Morgan fingerprint density at radius 3 is 2.72 bits per heavy atom. The second-order valence-corrected chi connectivity index (χ2v) is 5.67. The maximum atomic E-state index is 12.7. The van der Waals surface area contributed by atoms with E-state index in [2.05, 4.69) is 4.98 Å². The van der Waals surface area contributed by atoms with Gasteiger partial charge < -0.3 is 14.2 Å². The monoisotopic (exact) mass is 353 g/mol. The first-order chi connectivity index (χ1) is 11.8. The van der Waals surface area contributed by atoms with Crippen LogP contribution in [-0.4, -0.2) is 39.6 Å². The van der Waals surface area contributed by atoms with Crippen molar-refractivity contribution in [3.8, 4) is 5.88 Å². The quantitative estimate of drug-likeness (QED) is 0.843. The van der Waals surface area contributed by atoms with E-state index < -0.39 is 29.3 Å². The first-order valence-electron chi connectivity index (χ1n) is 7.40. The van der Waals surface area contributed by atoms with Gasteiger partial charge in [0.05, 0.1) is 18.7 Å². The number of carbonyl (C=O) groups excluding carboxylic acids is 1. The lowest BCUT2D eigenvalue weighted by Gasteiger charge is -2.38. The smallest absolute Gasteiger partial charge is 0.416 e. The van der Waals surface area contributed by atoms with Crippen LogP contribution in [-0.2, 0) is 13.2 Å². The van der Waals surface area contributed by atoms with Gasteiger partial charge in [0.25, 0.3) is 11.5 Å². The molecule has 6 nitrogen and oxygen atoms in total. The SMILES string of the molecule is Cn1cccc(C(=O)N2CC(Oc3cc(C(F)(F)F)ccn3)C2)c1=O. The van der Waals surface area contributed by atoms with E-state index in [-0.39, 0.29) is 24.5 Å². The molecule has 1 aliphatic rings. The predicted octanol–water partition coefficient (Wildman–Crippen LogP) is 1.70. The van der Waals surface area contributed by atoms with E-state index >= 15 is 0 Å². The van der Waals surface area contributed by atoms with Crippen molar-refractivity contribution in [2.24, 2.45) is 7.05 Å². The molecule has 1 fully saturated rings. The van der Waals surface area contributed by atoms with Gasteiger partial charge in [-0.05, 0) is 18.2 Å². The van der Waals surface area contributed by atoms with Crippen molar-refractivity contribution in [3.63, 3.8) is 0 Å². The third-order valence-electron chi connectivity index (χ3n) is 3.84. The number of amides is 1. The standard InChI is InChI=1S/C16H14F3N3O3/c1-21-6-2-3-12(14(21)23)15(24)22-8-11(9-22)25-13-7-10(4-5-20-13)16(17,18)19/h2-7,11H,8-9H2,1H3. The van der Waals surface area contributed by atoms with E-state index in [0.29, 0.717) is 0 Å². The highest BCUT2D eigenvalue weighted by molar-refractivity contribution is 5.94. The molecule has 0 radical (unpaired) electrons. The van der Waals surface area contributed by atoms with Crippen LogP contribution in [0.4, 0.5) is 13.2 Å². The molecule has 1 saturated heterocycles. The molecule has 0 spiro atoms. The van der Waals surface area contributed by atoms with Crippen molar-refractivity contribution in [2.75, 3.05) is 13.1 Å². The topological polar surface area (TPSA) is 64.4 Å². The zero-order valence-corrected chi connectivity index (χ0v) is 13.2. The van der Waals surface area contributed by atoms with Gasteiger partial charge in [0, 0.05) is 25.5 Å². The van der Waals surface area contributed by atoms with Crippen molar-refractivity contribution in [1.29, 1.82) is 0 Å². The van der Waals surface area contributed by atoms with Crippen LogP contribution >= 0.6 is 0 Å². The van der Waals surface area contributed by atoms with Crippen LogP contribution < -0.4 is 10.3 Å². The molecule has 1 amide bonds.